The van der Waals surface area contributed by atoms with E-state index in [4.69, 9.17) is 47.4 Å². The summed E-state index contributed by atoms with van der Waals surface area (Å²) in [6, 6.07) is 0. The fourth-order valence-electron chi connectivity index (χ4n) is 15.6. The van der Waals surface area contributed by atoms with Crippen LogP contribution in [0, 0.1) is 46.3 Å². The number of rotatable bonds is 11. The molecule has 13 N–H and O–H groups in total. The zero-order chi connectivity index (χ0) is 53.1. The van der Waals surface area contributed by atoms with Crippen molar-refractivity contribution in [1.82, 2.24) is 0 Å². The van der Waals surface area contributed by atoms with Crippen LogP contribution >= 0.6 is 0 Å². The van der Waals surface area contributed by atoms with Crippen LogP contribution < -0.4 is 0 Å². The first-order valence-electron chi connectivity index (χ1n) is 27.0. The SMILES string of the molecule is CC1OC(OC2C(CO)OC(OC3CCC4(C)C(=CCC5C4CCC4(C)C5CC5OC6(OCC(COC7OC(CO)C(O)C(O)C7O)CC6O)C(C)C54)C3)C(OC3OC(C)C(O)C(O)C3O)C2O)C(O)C(O)C1O. The van der Waals surface area contributed by atoms with Crippen molar-refractivity contribution in [3.05, 3.63) is 11.6 Å². The van der Waals surface area contributed by atoms with E-state index in [0.717, 1.165) is 32.1 Å². The summed E-state index contributed by atoms with van der Waals surface area (Å²) in [5, 5.41) is 139. The molecule has 1 spiro atoms. The number of fused-ring (bicyclic) bond motifs is 7. The lowest BCUT2D eigenvalue weighted by Crippen LogP contribution is -2.66. The minimum absolute atomic E-state index is 0.0367. The summed E-state index contributed by atoms with van der Waals surface area (Å²) in [6.07, 6.45) is -22.4. The van der Waals surface area contributed by atoms with E-state index in [2.05, 4.69) is 26.8 Å². The molecule has 10 aliphatic rings. The highest BCUT2D eigenvalue weighted by molar-refractivity contribution is 5.27. The summed E-state index contributed by atoms with van der Waals surface area (Å²) in [5.74, 6) is -0.337. The molecule has 6 aliphatic heterocycles. The minimum Gasteiger partial charge on any atom is -0.394 e. The highest BCUT2D eigenvalue weighted by Crippen LogP contribution is 2.71. The molecule has 0 amide bonds. The highest BCUT2D eigenvalue weighted by atomic mass is 16.8. The molecule has 0 aromatic carbocycles. The second-order valence-electron chi connectivity index (χ2n) is 24.0. The number of aliphatic hydroxyl groups is 13. The number of allylic oxidation sites excluding steroid dienone is 1. The van der Waals surface area contributed by atoms with Crippen molar-refractivity contribution < 1.29 is 114 Å². The van der Waals surface area contributed by atoms with Gasteiger partial charge in [-0.1, -0.05) is 32.4 Å². The molecule has 3 saturated carbocycles. The van der Waals surface area contributed by atoms with E-state index in [9.17, 15) is 66.4 Å². The van der Waals surface area contributed by atoms with Crippen molar-refractivity contribution in [2.24, 2.45) is 46.3 Å². The maximum Gasteiger partial charge on any atom is 0.197 e. The van der Waals surface area contributed by atoms with Crippen LogP contribution in [0.3, 0.4) is 0 Å². The van der Waals surface area contributed by atoms with Gasteiger partial charge in [-0.2, -0.15) is 0 Å². The lowest BCUT2D eigenvalue weighted by molar-refractivity contribution is -0.388. The molecule has 10 rings (SSSR count). The van der Waals surface area contributed by atoms with Crippen LogP contribution in [0.15, 0.2) is 11.6 Å². The molecular weight excluding hydrogens is 981 g/mol. The van der Waals surface area contributed by atoms with E-state index in [-0.39, 0.29) is 47.9 Å². The monoisotopic (exact) mass is 1060 g/mol. The second-order valence-corrected chi connectivity index (χ2v) is 24.0. The molecule has 0 radical (unpaired) electrons. The van der Waals surface area contributed by atoms with Gasteiger partial charge in [0.05, 0.1) is 50.8 Å². The Kier molecular flexibility index (Phi) is 16.2. The summed E-state index contributed by atoms with van der Waals surface area (Å²) in [4.78, 5) is 0. The van der Waals surface area contributed by atoms with Gasteiger partial charge in [0, 0.05) is 11.8 Å². The Hall–Kier alpha value is -1.18. The zero-order valence-corrected chi connectivity index (χ0v) is 42.7. The summed E-state index contributed by atoms with van der Waals surface area (Å²) < 4.78 is 61.4. The average Bonchev–Trinajstić information content (AvgIpc) is 3.88. The Bertz CT molecular complexity index is 1970. The van der Waals surface area contributed by atoms with Crippen molar-refractivity contribution >= 4 is 0 Å². The van der Waals surface area contributed by atoms with Crippen molar-refractivity contribution in [3.63, 3.8) is 0 Å². The van der Waals surface area contributed by atoms with Gasteiger partial charge in [-0.15, -0.1) is 0 Å². The fraction of sp³-hybridized carbons (Fsp3) is 0.961. The van der Waals surface area contributed by atoms with Gasteiger partial charge in [0.2, 0.25) is 0 Å². The van der Waals surface area contributed by atoms with Crippen LogP contribution in [0.1, 0.15) is 86.0 Å². The van der Waals surface area contributed by atoms with Gasteiger partial charge < -0.3 is 114 Å². The Morgan fingerprint density at radius 1 is 0.608 bits per heavy atom. The van der Waals surface area contributed by atoms with Crippen LogP contribution in [-0.4, -0.2) is 240 Å². The molecule has 4 aliphatic carbocycles. The molecule has 0 bridgehead atoms. The summed E-state index contributed by atoms with van der Waals surface area (Å²) in [6.45, 7) is 8.82. The molecule has 32 unspecified atom stereocenters. The van der Waals surface area contributed by atoms with Gasteiger partial charge in [0.1, 0.15) is 91.6 Å². The average molecular weight is 1060 g/mol. The Morgan fingerprint density at radius 2 is 1.22 bits per heavy atom. The number of hydrogen-bond donors (Lipinski definition) is 13. The summed E-state index contributed by atoms with van der Waals surface area (Å²) in [7, 11) is 0. The van der Waals surface area contributed by atoms with Gasteiger partial charge >= 0.3 is 0 Å². The molecular formula is C51H82O23. The maximum absolute atomic E-state index is 12.1. The molecule has 23 heteroatoms. The zero-order valence-electron chi connectivity index (χ0n) is 42.7. The Labute approximate surface area is 430 Å². The molecule has 23 nitrogen and oxygen atoms in total. The minimum atomic E-state index is -1.75. The van der Waals surface area contributed by atoms with Crippen molar-refractivity contribution in [2.75, 3.05) is 26.4 Å². The van der Waals surface area contributed by atoms with E-state index >= 15 is 0 Å². The molecule has 9 fully saturated rings. The molecule has 6 saturated heterocycles. The standard InChI is InChI=1S/C51H82O23/c1-19-32-28(74-51(19)31(54)12-22(18-66-51)17-65-45-39(61)38(60)35(57)29(15-52)70-45)14-27-25-7-6-23-13-24(8-10-49(23,4)26(25)9-11-50(27,32)5)69-48-44(73-47-41(63)37(59)34(56)21(3)68-47)42(64)43(30(16-53)71-48)72-46-40(62)36(58)33(55)20(2)67-46/h6,19-22,24-48,52-64H,7-18H2,1-5H3. The first-order chi connectivity index (χ1) is 35.1. The first kappa shape index (κ1) is 56.1. The maximum atomic E-state index is 12.1. The molecule has 424 valence electrons. The van der Waals surface area contributed by atoms with Gasteiger partial charge in [-0.25, -0.2) is 0 Å². The molecule has 32 atom stereocenters. The molecule has 0 aromatic rings. The van der Waals surface area contributed by atoms with E-state index in [1.165, 1.54) is 19.4 Å². The largest absolute Gasteiger partial charge is 0.394 e. The molecule has 6 heterocycles. The van der Waals surface area contributed by atoms with Crippen molar-refractivity contribution in [1.29, 1.82) is 0 Å². The molecule has 74 heavy (non-hydrogen) atoms. The topological polar surface area (TPSA) is 355 Å². The lowest BCUT2D eigenvalue weighted by Gasteiger charge is -2.59. The van der Waals surface area contributed by atoms with Gasteiger partial charge in [-0.05, 0) is 99.7 Å². The number of hydrogen-bond acceptors (Lipinski definition) is 23. The van der Waals surface area contributed by atoms with E-state index in [1.54, 1.807) is 0 Å². The summed E-state index contributed by atoms with van der Waals surface area (Å²) in [5.41, 5.74) is 1.03. The van der Waals surface area contributed by atoms with E-state index < -0.39 is 154 Å². The third kappa shape index (κ3) is 9.38. The van der Waals surface area contributed by atoms with Gasteiger partial charge in [0.25, 0.3) is 0 Å². The number of aliphatic hydroxyl groups excluding tert-OH is 13. The predicted molar refractivity (Wildman–Crippen MR) is 248 cm³/mol. The molecule has 0 aromatic heterocycles. The highest BCUT2D eigenvalue weighted by Gasteiger charge is 2.71. The van der Waals surface area contributed by atoms with Crippen molar-refractivity contribution in [3.8, 4) is 0 Å². The van der Waals surface area contributed by atoms with Crippen LogP contribution in [-0.2, 0) is 47.4 Å². The smallest absolute Gasteiger partial charge is 0.197 e. The van der Waals surface area contributed by atoms with E-state index in [0.29, 0.717) is 37.0 Å². The lowest BCUT2D eigenvalue weighted by atomic mass is 9.47. The van der Waals surface area contributed by atoms with Crippen LogP contribution in [0.4, 0.5) is 0 Å². The van der Waals surface area contributed by atoms with Crippen LogP contribution in [0.2, 0.25) is 0 Å². The summed E-state index contributed by atoms with van der Waals surface area (Å²) >= 11 is 0. The van der Waals surface area contributed by atoms with E-state index in [1.807, 2.05) is 0 Å². The van der Waals surface area contributed by atoms with Gasteiger partial charge in [-0.3, -0.25) is 0 Å². The Balaban J connectivity index is 0.799. The van der Waals surface area contributed by atoms with Crippen LogP contribution in [0.5, 0.6) is 0 Å². The Morgan fingerprint density at radius 3 is 1.85 bits per heavy atom. The normalized spacial score (nSPS) is 57.5. The predicted octanol–water partition coefficient (Wildman–Crippen LogP) is -2.99. The second kappa shape index (κ2) is 21.4. The quantitative estimate of drug-likeness (QED) is 0.0918. The first-order valence-corrected chi connectivity index (χ1v) is 27.0. The van der Waals surface area contributed by atoms with Gasteiger partial charge in [0.15, 0.2) is 30.9 Å². The third-order valence-corrected chi connectivity index (χ3v) is 19.9. The third-order valence-electron chi connectivity index (χ3n) is 19.9. The number of ether oxygens (including phenoxy) is 10. The van der Waals surface area contributed by atoms with Crippen molar-refractivity contribution in [2.45, 2.75) is 233 Å². The van der Waals surface area contributed by atoms with Crippen LogP contribution in [0.25, 0.3) is 0 Å². The fourth-order valence-corrected chi connectivity index (χ4v) is 15.6.